The van der Waals surface area contributed by atoms with Crippen LogP contribution in [-0.4, -0.2) is 70.1 Å². The van der Waals surface area contributed by atoms with E-state index in [2.05, 4.69) is 68.8 Å². The minimum absolute atomic E-state index is 0.0615. The lowest BCUT2D eigenvalue weighted by Crippen LogP contribution is -2.81. The molecule has 0 radical (unpaired) electrons. The minimum atomic E-state index is -0.320. The van der Waals surface area contributed by atoms with Crippen molar-refractivity contribution in [1.82, 2.24) is 25.5 Å². The topological polar surface area (TPSA) is 85.4 Å². The third-order valence-electron chi connectivity index (χ3n) is 12.4. The molecule has 4 saturated carbocycles. The summed E-state index contributed by atoms with van der Waals surface area (Å²) in [5.74, 6) is 3.10. The lowest BCUT2D eigenvalue weighted by Gasteiger charge is -2.74. The first kappa shape index (κ1) is 25.7. The van der Waals surface area contributed by atoms with E-state index in [4.69, 9.17) is 14.2 Å². The number of H-pyrrole nitrogens is 1. The van der Waals surface area contributed by atoms with Crippen molar-refractivity contribution in [3.8, 4) is 5.75 Å². The van der Waals surface area contributed by atoms with E-state index >= 15 is 0 Å². The van der Waals surface area contributed by atoms with E-state index in [0.29, 0.717) is 37.4 Å². The zero-order chi connectivity index (χ0) is 28.1. The minimum Gasteiger partial charge on any atom is -0.486 e. The molecule has 0 amide bonds. The molecule has 6 atom stereocenters. The van der Waals surface area contributed by atoms with Gasteiger partial charge in [-0.05, 0) is 86.6 Å². The zero-order valence-electron chi connectivity index (χ0n) is 24.8. The van der Waals surface area contributed by atoms with Gasteiger partial charge in [-0.1, -0.05) is 41.6 Å². The van der Waals surface area contributed by atoms with Crippen molar-refractivity contribution >= 4 is 0 Å². The second-order valence-electron chi connectivity index (χ2n) is 14.2. The number of nitrogens with one attached hydrogen (secondary N) is 1. The summed E-state index contributed by atoms with van der Waals surface area (Å²) in [7, 11) is 1.94. The Kier molecular flexibility index (Phi) is 5.56. The summed E-state index contributed by atoms with van der Waals surface area (Å²) in [5, 5.41) is 14.3. The second-order valence-corrected chi connectivity index (χ2v) is 14.2. The Morgan fingerprint density at radius 3 is 2.71 bits per heavy atom. The highest BCUT2D eigenvalue weighted by Gasteiger charge is 2.80. The Bertz CT molecular complexity index is 1510. The van der Waals surface area contributed by atoms with Gasteiger partial charge in [0.2, 0.25) is 0 Å². The van der Waals surface area contributed by atoms with Crippen LogP contribution in [0.2, 0.25) is 0 Å². The van der Waals surface area contributed by atoms with E-state index in [-0.39, 0.29) is 22.5 Å². The van der Waals surface area contributed by atoms with Crippen LogP contribution in [0.3, 0.4) is 0 Å². The summed E-state index contributed by atoms with van der Waals surface area (Å²) in [6.45, 7) is 6.01. The lowest BCUT2D eigenvalue weighted by atomic mass is 9.35. The van der Waals surface area contributed by atoms with Crippen LogP contribution in [0.1, 0.15) is 72.2 Å². The number of hydrogen-bond acceptors (Lipinski definition) is 7. The first-order valence-electron chi connectivity index (χ1n) is 16.0. The molecule has 2 unspecified atom stereocenters. The summed E-state index contributed by atoms with van der Waals surface area (Å²) >= 11 is 0. The SMILES string of the molecule is COC12CCC3(C[C@@H]1COCc1ccc(Cc4nn[nH]n4)cc1)[C@H]1Cc4ccc(C)c5c4[C@@]3(CCN1CC1CC1)[C@H]2O5. The van der Waals surface area contributed by atoms with Gasteiger partial charge in [0.05, 0.1) is 13.2 Å². The highest BCUT2D eigenvalue weighted by atomic mass is 16.6. The van der Waals surface area contributed by atoms with Gasteiger partial charge in [0.25, 0.3) is 0 Å². The smallest absolute Gasteiger partial charge is 0.178 e. The summed E-state index contributed by atoms with van der Waals surface area (Å²) in [5.41, 5.74) is 6.71. The second kappa shape index (κ2) is 9.10. The monoisotopic (exact) mass is 567 g/mol. The van der Waals surface area contributed by atoms with Gasteiger partial charge in [-0.15, -0.1) is 10.2 Å². The number of hydrogen-bond donors (Lipinski definition) is 1. The number of nitrogens with zero attached hydrogens (tertiary/aromatic N) is 4. The Hall–Kier alpha value is -2.81. The molecule has 42 heavy (non-hydrogen) atoms. The Labute approximate surface area is 247 Å². The van der Waals surface area contributed by atoms with Gasteiger partial charge in [-0.3, -0.25) is 4.90 Å². The molecular formula is C34H41N5O3. The molecule has 3 heterocycles. The molecule has 220 valence electrons. The number of tetrazole rings is 1. The summed E-state index contributed by atoms with van der Waals surface area (Å²) < 4.78 is 20.5. The number of aromatic nitrogens is 4. The number of aryl methyl sites for hydroxylation is 1. The van der Waals surface area contributed by atoms with Crippen LogP contribution in [-0.2, 0) is 34.3 Å². The Morgan fingerprint density at radius 2 is 1.93 bits per heavy atom. The highest BCUT2D eigenvalue weighted by Crippen LogP contribution is 2.76. The van der Waals surface area contributed by atoms with E-state index < -0.39 is 0 Å². The fourth-order valence-electron chi connectivity index (χ4n) is 10.4. The molecular weight excluding hydrogens is 526 g/mol. The predicted molar refractivity (Wildman–Crippen MR) is 156 cm³/mol. The number of piperidine rings is 1. The molecule has 10 rings (SSSR count). The molecule has 5 fully saturated rings. The maximum atomic E-state index is 7.20. The van der Waals surface area contributed by atoms with E-state index in [1.165, 1.54) is 67.6 Å². The normalized spacial score (nSPS) is 35.7. The van der Waals surface area contributed by atoms with Gasteiger partial charge in [0, 0.05) is 48.4 Å². The average molecular weight is 568 g/mol. The zero-order valence-corrected chi connectivity index (χ0v) is 24.8. The molecule has 5 aliphatic carbocycles. The number of likely N-dealkylation sites (tertiary alicyclic amines) is 1. The third kappa shape index (κ3) is 3.37. The van der Waals surface area contributed by atoms with Crippen LogP contribution >= 0.6 is 0 Å². The summed E-state index contributed by atoms with van der Waals surface area (Å²) in [6, 6.07) is 13.9. The van der Waals surface area contributed by atoms with Gasteiger partial charge in [0.1, 0.15) is 17.5 Å². The van der Waals surface area contributed by atoms with Crippen molar-refractivity contribution in [2.75, 3.05) is 26.8 Å². The molecule has 1 saturated heterocycles. The molecule has 8 nitrogen and oxygen atoms in total. The molecule has 2 aromatic carbocycles. The van der Waals surface area contributed by atoms with E-state index in [0.717, 1.165) is 18.8 Å². The van der Waals surface area contributed by atoms with Gasteiger partial charge >= 0.3 is 0 Å². The van der Waals surface area contributed by atoms with Gasteiger partial charge in [0.15, 0.2) is 5.82 Å². The maximum Gasteiger partial charge on any atom is 0.178 e. The molecule has 8 heteroatoms. The standard InChI is InChI=1S/C34H41N5O3/c1-21-3-10-25-16-27-32-11-12-34(40-2,31-33(32,29(25)30(21)42-31)13-14-39(27)18-23-6-7-23)26(17-32)20-41-19-24-8-4-22(5-9-24)15-28-35-37-38-36-28/h3-5,8-10,23,26-27,31H,6-7,11-20H2,1-2H3,(H,35,36,37,38)/t26-,27-,31-,32?,33+,34?/m1/s1. The molecule has 3 aromatic rings. The van der Waals surface area contributed by atoms with Crippen molar-refractivity contribution in [3.63, 3.8) is 0 Å². The van der Waals surface area contributed by atoms with E-state index in [1.54, 1.807) is 11.1 Å². The highest BCUT2D eigenvalue weighted by molar-refractivity contribution is 5.61. The number of benzene rings is 2. The van der Waals surface area contributed by atoms with Gasteiger partial charge < -0.3 is 14.2 Å². The number of aromatic amines is 1. The number of fused-ring (bicyclic) bond motifs is 2. The average Bonchev–Trinajstić information content (AvgIpc) is 3.52. The summed E-state index contributed by atoms with van der Waals surface area (Å²) in [6.07, 6.45) is 9.38. The Morgan fingerprint density at radius 1 is 1.07 bits per heavy atom. The number of ether oxygens (including phenoxy) is 3. The van der Waals surface area contributed by atoms with Crippen molar-refractivity contribution in [2.45, 2.75) is 88.1 Å². The third-order valence-corrected chi connectivity index (χ3v) is 12.4. The molecule has 1 aromatic heterocycles. The maximum absolute atomic E-state index is 7.20. The van der Waals surface area contributed by atoms with Crippen molar-refractivity contribution in [1.29, 1.82) is 0 Å². The largest absolute Gasteiger partial charge is 0.486 e. The van der Waals surface area contributed by atoms with E-state index in [1.807, 2.05) is 7.11 Å². The first-order valence-corrected chi connectivity index (χ1v) is 16.0. The van der Waals surface area contributed by atoms with E-state index in [9.17, 15) is 0 Å². The van der Waals surface area contributed by atoms with Crippen LogP contribution in [0.15, 0.2) is 36.4 Å². The van der Waals surface area contributed by atoms with Crippen LogP contribution in [0.25, 0.3) is 0 Å². The number of rotatable bonds is 9. The Balaban J connectivity index is 1.02. The lowest BCUT2D eigenvalue weighted by molar-refractivity contribution is -0.283. The van der Waals surface area contributed by atoms with Crippen molar-refractivity contribution < 1.29 is 14.2 Å². The molecule has 7 aliphatic rings. The van der Waals surface area contributed by atoms with Crippen LogP contribution in [0.5, 0.6) is 5.75 Å². The predicted octanol–water partition coefficient (Wildman–Crippen LogP) is 4.54. The van der Waals surface area contributed by atoms with Crippen LogP contribution < -0.4 is 4.74 Å². The van der Waals surface area contributed by atoms with Crippen molar-refractivity contribution in [3.05, 3.63) is 70.0 Å². The molecule has 2 spiro atoms. The number of methoxy groups -OCH3 is 1. The van der Waals surface area contributed by atoms with Gasteiger partial charge in [-0.2, -0.15) is 5.21 Å². The fourth-order valence-corrected chi connectivity index (χ4v) is 10.4. The first-order chi connectivity index (χ1) is 20.6. The molecule has 4 bridgehead atoms. The summed E-state index contributed by atoms with van der Waals surface area (Å²) in [4.78, 5) is 2.92. The van der Waals surface area contributed by atoms with Crippen molar-refractivity contribution in [2.24, 2.45) is 17.3 Å². The quantitative estimate of drug-likeness (QED) is 0.406. The van der Waals surface area contributed by atoms with Gasteiger partial charge in [-0.25, -0.2) is 0 Å². The van der Waals surface area contributed by atoms with Crippen LogP contribution in [0, 0.1) is 24.2 Å². The molecule has 2 aliphatic heterocycles. The molecule has 1 N–H and O–H groups in total. The fraction of sp³-hybridized carbons (Fsp3) is 0.618. The van der Waals surface area contributed by atoms with Crippen LogP contribution in [0.4, 0.5) is 0 Å².